The summed E-state index contributed by atoms with van der Waals surface area (Å²) >= 11 is 1.24. The van der Waals surface area contributed by atoms with Crippen molar-refractivity contribution in [3.05, 3.63) is 21.9 Å². The first kappa shape index (κ1) is 14.8. The zero-order chi connectivity index (χ0) is 13.7. The van der Waals surface area contributed by atoms with Crippen LogP contribution in [0.15, 0.2) is 11.4 Å². The number of nitrogens with one attached hydrogen (secondary N) is 1. The smallest absolute Gasteiger partial charge is 0.216 e. The molecule has 2 atom stereocenters. The lowest BCUT2D eigenvalue weighted by molar-refractivity contribution is -0.119. The largest absolute Gasteiger partial charge is 0.390 e. The van der Waals surface area contributed by atoms with Crippen molar-refractivity contribution in [3.63, 3.8) is 0 Å². The van der Waals surface area contributed by atoms with Gasteiger partial charge in [0.2, 0.25) is 5.91 Å². The van der Waals surface area contributed by atoms with E-state index in [4.69, 9.17) is 0 Å². The number of hydrogen-bond acceptors (Lipinski definition) is 5. The van der Waals surface area contributed by atoms with E-state index in [9.17, 15) is 19.8 Å². The monoisotopic (exact) mass is 271 g/mol. The van der Waals surface area contributed by atoms with Gasteiger partial charge in [-0.2, -0.15) is 0 Å². The summed E-state index contributed by atoms with van der Waals surface area (Å²) in [4.78, 5) is 22.4. The molecule has 0 saturated carbocycles. The number of ketones is 1. The van der Waals surface area contributed by atoms with Gasteiger partial charge >= 0.3 is 0 Å². The van der Waals surface area contributed by atoms with Gasteiger partial charge < -0.3 is 15.5 Å². The fourth-order valence-electron chi connectivity index (χ4n) is 1.60. The predicted molar refractivity (Wildman–Crippen MR) is 68.6 cm³/mol. The minimum atomic E-state index is -1.11. The highest BCUT2D eigenvalue weighted by molar-refractivity contribution is 7.12. The number of carbonyl (C=O) groups excluding carboxylic acids is 2. The molecule has 18 heavy (non-hydrogen) atoms. The summed E-state index contributed by atoms with van der Waals surface area (Å²) in [7, 11) is 0. The van der Waals surface area contributed by atoms with Crippen LogP contribution < -0.4 is 5.32 Å². The van der Waals surface area contributed by atoms with Crippen LogP contribution in [-0.2, 0) is 4.79 Å². The highest BCUT2D eigenvalue weighted by atomic mass is 32.1. The van der Waals surface area contributed by atoms with Crippen LogP contribution in [0.25, 0.3) is 0 Å². The summed E-state index contributed by atoms with van der Waals surface area (Å²) in [5, 5.41) is 24.0. The molecule has 5 nitrogen and oxygen atoms in total. The number of amides is 1. The fourth-order valence-corrected chi connectivity index (χ4v) is 2.44. The molecule has 0 aliphatic rings. The van der Waals surface area contributed by atoms with Crippen molar-refractivity contribution in [1.29, 1.82) is 0 Å². The molecule has 3 N–H and O–H groups in total. The van der Waals surface area contributed by atoms with E-state index in [1.54, 1.807) is 11.4 Å². The van der Waals surface area contributed by atoms with Crippen LogP contribution in [0.4, 0.5) is 0 Å². The summed E-state index contributed by atoms with van der Waals surface area (Å²) in [6.45, 7) is 3.09. The Kier molecular flexibility index (Phi) is 5.46. The van der Waals surface area contributed by atoms with Crippen molar-refractivity contribution < 1.29 is 19.8 Å². The van der Waals surface area contributed by atoms with Crippen LogP contribution in [-0.4, -0.2) is 34.6 Å². The van der Waals surface area contributed by atoms with Gasteiger partial charge in [-0.05, 0) is 24.8 Å². The molecule has 0 aliphatic carbocycles. The van der Waals surface area contributed by atoms with Gasteiger partial charge in [-0.3, -0.25) is 9.59 Å². The molecular formula is C12H17NO4S. The van der Waals surface area contributed by atoms with Gasteiger partial charge in [-0.15, -0.1) is 11.3 Å². The highest BCUT2D eigenvalue weighted by Gasteiger charge is 2.23. The van der Waals surface area contributed by atoms with Crippen molar-refractivity contribution in [2.24, 2.45) is 0 Å². The Labute approximate surface area is 109 Å². The van der Waals surface area contributed by atoms with Crippen LogP contribution >= 0.6 is 11.3 Å². The third-order valence-corrected chi connectivity index (χ3v) is 3.54. The van der Waals surface area contributed by atoms with E-state index < -0.39 is 12.2 Å². The molecule has 0 aromatic carbocycles. The summed E-state index contributed by atoms with van der Waals surface area (Å²) in [6.07, 6.45) is -1.89. The second-order valence-corrected chi connectivity index (χ2v) is 4.96. The molecular weight excluding hydrogens is 254 g/mol. The van der Waals surface area contributed by atoms with Crippen molar-refractivity contribution >= 4 is 23.0 Å². The van der Waals surface area contributed by atoms with E-state index in [1.807, 2.05) is 0 Å². The predicted octanol–water partition coefficient (Wildman–Crippen LogP) is 0.871. The molecule has 2 unspecified atom stereocenters. The Balaban J connectivity index is 2.62. The van der Waals surface area contributed by atoms with Gasteiger partial charge in [0.05, 0.1) is 11.0 Å². The van der Waals surface area contributed by atoms with Gasteiger partial charge in [0.1, 0.15) is 6.10 Å². The molecule has 0 aliphatic heterocycles. The van der Waals surface area contributed by atoms with Crippen molar-refractivity contribution in [2.75, 3.05) is 6.54 Å². The maximum atomic E-state index is 11.3. The minimum Gasteiger partial charge on any atom is -0.390 e. The molecule has 0 bridgehead atoms. The fraction of sp³-hybridized carbons (Fsp3) is 0.500. The van der Waals surface area contributed by atoms with E-state index in [0.29, 0.717) is 10.4 Å². The normalized spacial score (nSPS) is 14.0. The molecule has 1 rings (SSSR count). The zero-order valence-electron chi connectivity index (χ0n) is 10.3. The quantitative estimate of drug-likeness (QED) is 0.670. The van der Waals surface area contributed by atoms with E-state index in [2.05, 4.69) is 5.32 Å². The first-order valence-corrected chi connectivity index (χ1v) is 6.50. The van der Waals surface area contributed by atoms with Crippen LogP contribution in [0.2, 0.25) is 0 Å². The molecule has 0 saturated heterocycles. The van der Waals surface area contributed by atoms with Crippen LogP contribution in [0.3, 0.4) is 0 Å². The van der Waals surface area contributed by atoms with Gasteiger partial charge in [0.25, 0.3) is 0 Å². The van der Waals surface area contributed by atoms with Gasteiger partial charge in [-0.25, -0.2) is 0 Å². The maximum Gasteiger partial charge on any atom is 0.216 e. The molecule has 1 amide bonds. The van der Waals surface area contributed by atoms with E-state index in [1.165, 1.54) is 25.2 Å². The molecule has 0 spiro atoms. The van der Waals surface area contributed by atoms with Crippen molar-refractivity contribution in [3.8, 4) is 0 Å². The van der Waals surface area contributed by atoms with Crippen LogP contribution in [0.5, 0.6) is 0 Å². The average Bonchev–Trinajstić information content (AvgIpc) is 2.76. The standard InChI is InChI=1S/C12H17NO4S/c1-7(14)12-9(4-6-18-12)11(17)10(16)3-5-13-8(2)15/h4,6,10-11,16-17H,3,5H2,1-2H3,(H,13,15). The zero-order valence-corrected chi connectivity index (χ0v) is 11.2. The topological polar surface area (TPSA) is 86.6 Å². The second kappa shape index (κ2) is 6.63. The first-order chi connectivity index (χ1) is 8.43. The summed E-state index contributed by atoms with van der Waals surface area (Å²) in [5.41, 5.74) is 0.447. The third kappa shape index (κ3) is 3.90. The Morgan fingerprint density at radius 3 is 2.61 bits per heavy atom. The van der Waals surface area contributed by atoms with Gasteiger partial charge in [-0.1, -0.05) is 0 Å². The lowest BCUT2D eigenvalue weighted by Gasteiger charge is -2.18. The van der Waals surface area contributed by atoms with Gasteiger partial charge in [0.15, 0.2) is 5.78 Å². The average molecular weight is 271 g/mol. The number of aliphatic hydroxyl groups excluding tert-OH is 2. The number of aliphatic hydroxyl groups is 2. The van der Waals surface area contributed by atoms with Crippen LogP contribution in [0.1, 0.15) is 41.6 Å². The van der Waals surface area contributed by atoms with E-state index in [-0.39, 0.29) is 24.7 Å². The Hall–Kier alpha value is -1.24. The number of Topliss-reactive ketones (excluding diaryl/α,β-unsaturated/α-hetero) is 1. The lowest BCUT2D eigenvalue weighted by Crippen LogP contribution is -2.28. The SMILES string of the molecule is CC(=O)NCCC(O)C(O)c1ccsc1C(C)=O. The summed E-state index contributed by atoms with van der Waals surface area (Å²) < 4.78 is 0. The van der Waals surface area contributed by atoms with E-state index >= 15 is 0 Å². The van der Waals surface area contributed by atoms with E-state index in [0.717, 1.165) is 0 Å². The number of hydrogen-bond donors (Lipinski definition) is 3. The minimum absolute atomic E-state index is 0.131. The molecule has 1 aromatic heterocycles. The first-order valence-electron chi connectivity index (χ1n) is 5.62. The lowest BCUT2D eigenvalue weighted by atomic mass is 10.0. The highest BCUT2D eigenvalue weighted by Crippen LogP contribution is 2.27. The molecule has 100 valence electrons. The molecule has 1 heterocycles. The molecule has 6 heteroatoms. The second-order valence-electron chi connectivity index (χ2n) is 4.05. The van der Waals surface area contributed by atoms with Crippen molar-refractivity contribution in [1.82, 2.24) is 5.32 Å². The summed E-state index contributed by atoms with van der Waals surface area (Å²) in [6, 6.07) is 1.63. The molecule has 0 fully saturated rings. The number of carbonyl (C=O) groups is 2. The van der Waals surface area contributed by atoms with Gasteiger partial charge in [0, 0.05) is 19.0 Å². The molecule has 0 radical (unpaired) electrons. The third-order valence-electron chi connectivity index (χ3n) is 2.51. The maximum absolute atomic E-state index is 11.3. The van der Waals surface area contributed by atoms with Crippen LogP contribution in [0, 0.1) is 0 Å². The molecule has 1 aromatic rings. The Bertz CT molecular complexity index is 429. The Morgan fingerprint density at radius 2 is 2.06 bits per heavy atom. The number of rotatable bonds is 6. The summed E-state index contributed by atoms with van der Waals surface area (Å²) in [5.74, 6) is -0.315. The number of thiophene rings is 1. The van der Waals surface area contributed by atoms with Crippen molar-refractivity contribution in [2.45, 2.75) is 32.5 Å². The Morgan fingerprint density at radius 1 is 1.39 bits per heavy atom.